The Balaban J connectivity index is 3.00. The number of nitrogens with zero attached hydrogens (tertiary/aromatic N) is 1. The summed E-state index contributed by atoms with van der Waals surface area (Å²) in [6, 6.07) is 5.42. The molecule has 0 radical (unpaired) electrons. The Morgan fingerprint density at radius 3 is 2.76 bits per heavy atom. The van der Waals surface area contributed by atoms with Gasteiger partial charge in [0.15, 0.2) is 0 Å². The maximum absolute atomic E-state index is 11.3. The summed E-state index contributed by atoms with van der Waals surface area (Å²) in [4.78, 5) is 11.3. The fraction of sp³-hybridized carbons (Fsp3) is 0.333. The second-order valence-corrected chi connectivity index (χ2v) is 4.10. The van der Waals surface area contributed by atoms with Crippen LogP contribution in [-0.2, 0) is 16.0 Å². The van der Waals surface area contributed by atoms with Crippen molar-refractivity contribution in [3.63, 3.8) is 0 Å². The van der Waals surface area contributed by atoms with Crippen molar-refractivity contribution >= 4 is 21.9 Å². The molecule has 0 unspecified atom stereocenters. The number of carbonyl (C=O) groups excluding carboxylic acids is 1. The van der Waals surface area contributed by atoms with E-state index in [4.69, 9.17) is 14.7 Å². The van der Waals surface area contributed by atoms with Crippen molar-refractivity contribution in [1.82, 2.24) is 0 Å². The average molecular weight is 298 g/mol. The molecule has 0 bridgehead atoms. The molecule has 0 N–H and O–H groups in total. The van der Waals surface area contributed by atoms with Gasteiger partial charge in [-0.1, -0.05) is 0 Å². The standard InChI is InChI=1S/C12H12BrNO3/c1-3-17-12(15)6-8-4-10(13)9(7-14)11(5-8)16-2/h4-5H,3,6H2,1-2H3. The van der Waals surface area contributed by atoms with Gasteiger partial charge in [0.05, 0.1) is 20.1 Å². The van der Waals surface area contributed by atoms with Crippen LogP contribution < -0.4 is 4.74 Å². The first kappa shape index (κ1) is 13.5. The number of benzene rings is 1. The third-order valence-corrected chi connectivity index (χ3v) is 2.72. The van der Waals surface area contributed by atoms with E-state index in [-0.39, 0.29) is 12.4 Å². The molecule has 1 aromatic rings. The number of ether oxygens (including phenoxy) is 2. The highest BCUT2D eigenvalue weighted by Gasteiger charge is 2.12. The van der Waals surface area contributed by atoms with Gasteiger partial charge in [-0.25, -0.2) is 0 Å². The number of rotatable bonds is 4. The van der Waals surface area contributed by atoms with Gasteiger partial charge in [-0.15, -0.1) is 0 Å². The highest BCUT2D eigenvalue weighted by Crippen LogP contribution is 2.28. The Labute approximate surface area is 108 Å². The van der Waals surface area contributed by atoms with Crippen LogP contribution in [0.5, 0.6) is 5.75 Å². The van der Waals surface area contributed by atoms with Gasteiger partial charge in [0, 0.05) is 4.47 Å². The zero-order valence-corrected chi connectivity index (χ0v) is 11.2. The van der Waals surface area contributed by atoms with E-state index in [1.807, 2.05) is 6.07 Å². The lowest BCUT2D eigenvalue weighted by molar-refractivity contribution is -0.142. The molecule has 1 aromatic carbocycles. The Hall–Kier alpha value is -1.54. The molecule has 0 heterocycles. The number of nitriles is 1. The van der Waals surface area contributed by atoms with Crippen LogP contribution in [0.25, 0.3) is 0 Å². The van der Waals surface area contributed by atoms with Gasteiger partial charge in [-0.2, -0.15) is 5.26 Å². The first-order valence-corrected chi connectivity index (χ1v) is 5.83. The molecule has 0 aromatic heterocycles. The van der Waals surface area contributed by atoms with Gasteiger partial charge in [-0.05, 0) is 40.5 Å². The minimum absolute atomic E-state index is 0.161. The molecule has 0 saturated heterocycles. The van der Waals surface area contributed by atoms with Crippen LogP contribution >= 0.6 is 15.9 Å². The van der Waals surface area contributed by atoms with Crippen LogP contribution in [-0.4, -0.2) is 19.7 Å². The quantitative estimate of drug-likeness (QED) is 0.801. The molecule has 1 rings (SSSR count). The fourth-order valence-corrected chi connectivity index (χ4v) is 1.96. The third-order valence-electron chi connectivity index (χ3n) is 2.10. The van der Waals surface area contributed by atoms with E-state index in [0.29, 0.717) is 22.4 Å². The Kier molecular flexibility index (Phi) is 4.98. The van der Waals surface area contributed by atoms with Crippen LogP contribution in [0.15, 0.2) is 16.6 Å². The predicted molar refractivity (Wildman–Crippen MR) is 65.7 cm³/mol. The van der Waals surface area contributed by atoms with Crippen molar-refractivity contribution in [3.8, 4) is 11.8 Å². The summed E-state index contributed by atoms with van der Waals surface area (Å²) in [6.07, 6.45) is 0.161. The number of methoxy groups -OCH3 is 1. The van der Waals surface area contributed by atoms with Crippen molar-refractivity contribution in [2.45, 2.75) is 13.3 Å². The molecule has 0 saturated carbocycles. The summed E-state index contributed by atoms with van der Waals surface area (Å²) >= 11 is 3.27. The largest absolute Gasteiger partial charge is 0.495 e. The molecule has 5 heteroatoms. The van der Waals surface area contributed by atoms with E-state index in [0.717, 1.165) is 5.56 Å². The van der Waals surface area contributed by atoms with Crippen LogP contribution in [0.1, 0.15) is 18.1 Å². The molecular formula is C12H12BrNO3. The zero-order valence-electron chi connectivity index (χ0n) is 9.62. The molecule has 0 aliphatic heterocycles. The van der Waals surface area contributed by atoms with Crippen LogP contribution in [0.2, 0.25) is 0 Å². The monoisotopic (exact) mass is 297 g/mol. The SMILES string of the molecule is CCOC(=O)Cc1cc(Br)c(C#N)c(OC)c1. The number of hydrogen-bond donors (Lipinski definition) is 0. The van der Waals surface area contributed by atoms with Crippen molar-refractivity contribution < 1.29 is 14.3 Å². The van der Waals surface area contributed by atoms with Crippen LogP contribution in [0.4, 0.5) is 0 Å². The molecule has 0 aliphatic rings. The molecule has 0 amide bonds. The molecule has 0 atom stereocenters. The minimum atomic E-state index is -0.300. The highest BCUT2D eigenvalue weighted by molar-refractivity contribution is 9.10. The van der Waals surface area contributed by atoms with E-state index in [1.165, 1.54) is 7.11 Å². The smallest absolute Gasteiger partial charge is 0.310 e. The summed E-state index contributed by atoms with van der Waals surface area (Å²) in [6.45, 7) is 2.11. The summed E-state index contributed by atoms with van der Waals surface area (Å²) in [5.74, 6) is 0.146. The Morgan fingerprint density at radius 2 is 2.24 bits per heavy atom. The first-order valence-electron chi connectivity index (χ1n) is 5.04. The first-order chi connectivity index (χ1) is 8.12. The number of halogens is 1. The van der Waals surface area contributed by atoms with E-state index >= 15 is 0 Å². The van der Waals surface area contributed by atoms with Gasteiger partial charge in [0.1, 0.15) is 17.4 Å². The van der Waals surface area contributed by atoms with Gasteiger partial charge in [0.2, 0.25) is 0 Å². The van der Waals surface area contributed by atoms with Crippen molar-refractivity contribution in [3.05, 3.63) is 27.7 Å². The van der Waals surface area contributed by atoms with E-state index in [1.54, 1.807) is 19.1 Å². The zero-order chi connectivity index (χ0) is 12.8. The lowest BCUT2D eigenvalue weighted by Crippen LogP contribution is -2.07. The van der Waals surface area contributed by atoms with Crippen LogP contribution in [0.3, 0.4) is 0 Å². The number of esters is 1. The lowest BCUT2D eigenvalue weighted by atomic mass is 10.1. The second kappa shape index (κ2) is 6.26. The topological polar surface area (TPSA) is 59.3 Å². The maximum Gasteiger partial charge on any atom is 0.310 e. The lowest BCUT2D eigenvalue weighted by Gasteiger charge is -2.08. The Morgan fingerprint density at radius 1 is 1.53 bits per heavy atom. The average Bonchev–Trinajstić information content (AvgIpc) is 2.28. The van der Waals surface area contributed by atoms with Crippen molar-refractivity contribution in [2.75, 3.05) is 13.7 Å². The van der Waals surface area contributed by atoms with E-state index < -0.39 is 0 Å². The molecule has 0 aliphatic carbocycles. The molecule has 90 valence electrons. The Bertz CT molecular complexity index is 466. The van der Waals surface area contributed by atoms with E-state index in [9.17, 15) is 4.79 Å². The molecule has 4 nitrogen and oxygen atoms in total. The molecule has 0 fully saturated rings. The van der Waals surface area contributed by atoms with Crippen molar-refractivity contribution in [2.24, 2.45) is 0 Å². The summed E-state index contributed by atoms with van der Waals surface area (Å²) in [5, 5.41) is 8.94. The van der Waals surface area contributed by atoms with Gasteiger partial charge in [0.25, 0.3) is 0 Å². The molecular weight excluding hydrogens is 286 g/mol. The fourth-order valence-electron chi connectivity index (χ4n) is 1.39. The van der Waals surface area contributed by atoms with Crippen LogP contribution in [0, 0.1) is 11.3 Å². The summed E-state index contributed by atoms with van der Waals surface area (Å²) < 4.78 is 10.6. The molecule has 0 spiro atoms. The highest BCUT2D eigenvalue weighted by atomic mass is 79.9. The van der Waals surface area contributed by atoms with Gasteiger partial charge in [-0.3, -0.25) is 4.79 Å². The van der Waals surface area contributed by atoms with Crippen molar-refractivity contribution in [1.29, 1.82) is 5.26 Å². The van der Waals surface area contributed by atoms with Gasteiger partial charge >= 0.3 is 5.97 Å². The normalized spacial score (nSPS) is 9.53. The number of carbonyl (C=O) groups is 1. The second-order valence-electron chi connectivity index (χ2n) is 3.25. The maximum atomic E-state index is 11.3. The summed E-state index contributed by atoms with van der Waals surface area (Å²) in [5.41, 5.74) is 1.16. The third kappa shape index (κ3) is 3.46. The predicted octanol–water partition coefficient (Wildman–Crippen LogP) is 2.43. The summed E-state index contributed by atoms with van der Waals surface area (Å²) in [7, 11) is 1.48. The molecule has 17 heavy (non-hydrogen) atoms. The van der Waals surface area contributed by atoms with E-state index in [2.05, 4.69) is 15.9 Å². The van der Waals surface area contributed by atoms with Gasteiger partial charge < -0.3 is 9.47 Å². The minimum Gasteiger partial charge on any atom is -0.495 e. The number of hydrogen-bond acceptors (Lipinski definition) is 4.